The van der Waals surface area contributed by atoms with E-state index in [4.69, 9.17) is 9.47 Å². The minimum absolute atomic E-state index is 0.219. The van der Waals surface area contributed by atoms with Gasteiger partial charge in [0, 0.05) is 11.1 Å². The van der Waals surface area contributed by atoms with Gasteiger partial charge in [-0.1, -0.05) is 70.8 Å². The molecule has 0 heterocycles. The van der Waals surface area contributed by atoms with Crippen LogP contribution < -0.4 is 0 Å². The average molecular weight is 533 g/mol. The lowest BCUT2D eigenvalue weighted by Crippen LogP contribution is -2.14. The highest BCUT2D eigenvalue weighted by Crippen LogP contribution is 2.37. The van der Waals surface area contributed by atoms with Crippen LogP contribution in [0.2, 0.25) is 0 Å². The first-order valence-corrected chi connectivity index (χ1v) is 13.4. The van der Waals surface area contributed by atoms with Crippen molar-refractivity contribution in [2.45, 2.75) is 55.4 Å². The lowest BCUT2D eigenvalue weighted by molar-refractivity contribution is 0.0646. The normalized spacial score (nSPS) is 11.6. The molecule has 0 atom stereocenters. The Balaban J connectivity index is 2.02. The Kier molecular flexibility index (Phi) is 8.39. The summed E-state index contributed by atoms with van der Waals surface area (Å²) in [5.41, 5.74) is 10.2. The fourth-order valence-electron chi connectivity index (χ4n) is 5.18. The second kappa shape index (κ2) is 11.7. The maximum absolute atomic E-state index is 13.6. The van der Waals surface area contributed by atoms with Gasteiger partial charge in [-0.3, -0.25) is 0 Å². The van der Waals surface area contributed by atoms with E-state index >= 15 is 0 Å². The van der Waals surface area contributed by atoms with Gasteiger partial charge in [-0.05, 0) is 102 Å². The van der Waals surface area contributed by atoms with Crippen LogP contribution in [0, 0.1) is 55.4 Å². The monoisotopic (exact) mass is 532 g/mol. The standard InChI is InChI=1S/C36H36O4/c1-21-9-13-29(14-10-21)35(37)39-33(31-25(5)17-23(3)18-26(31)6)34(32-27(7)19-24(4)20-28(32)8)40-36(38)30-15-11-22(2)12-16-30/h9-20H,1-8H3. The van der Waals surface area contributed by atoms with Crippen molar-refractivity contribution < 1.29 is 19.1 Å². The molecule has 0 amide bonds. The molecule has 40 heavy (non-hydrogen) atoms. The Labute approximate surface area is 237 Å². The summed E-state index contributed by atoms with van der Waals surface area (Å²) in [6.45, 7) is 15.9. The van der Waals surface area contributed by atoms with Crippen LogP contribution in [0.15, 0.2) is 72.8 Å². The first-order chi connectivity index (χ1) is 18.9. The molecule has 0 aromatic heterocycles. The minimum Gasteiger partial charge on any atom is -0.418 e. The Morgan fingerprint density at radius 2 is 0.700 bits per heavy atom. The molecule has 4 heteroatoms. The number of carbonyl (C=O) groups excluding carboxylic acids is 2. The van der Waals surface area contributed by atoms with Crippen LogP contribution >= 0.6 is 0 Å². The second-order valence-electron chi connectivity index (χ2n) is 10.7. The van der Waals surface area contributed by atoms with Gasteiger partial charge in [-0.15, -0.1) is 0 Å². The van der Waals surface area contributed by atoms with Gasteiger partial charge in [-0.2, -0.15) is 0 Å². The molecule has 4 aromatic rings. The largest absolute Gasteiger partial charge is 0.418 e. The van der Waals surface area contributed by atoms with Crippen molar-refractivity contribution in [2.24, 2.45) is 0 Å². The van der Waals surface area contributed by atoms with Crippen molar-refractivity contribution in [3.8, 4) is 0 Å². The zero-order chi connectivity index (χ0) is 29.1. The molecule has 0 aliphatic heterocycles. The van der Waals surface area contributed by atoms with Gasteiger partial charge in [0.2, 0.25) is 0 Å². The van der Waals surface area contributed by atoms with Crippen LogP contribution in [0.5, 0.6) is 0 Å². The lowest BCUT2D eigenvalue weighted by Gasteiger charge is -2.22. The van der Waals surface area contributed by atoms with Gasteiger partial charge in [0.05, 0.1) is 11.1 Å². The molecule has 204 valence electrons. The third kappa shape index (κ3) is 6.23. The van der Waals surface area contributed by atoms with Crippen molar-refractivity contribution in [3.63, 3.8) is 0 Å². The van der Waals surface area contributed by atoms with Gasteiger partial charge < -0.3 is 9.47 Å². The average Bonchev–Trinajstić information content (AvgIpc) is 2.87. The number of ether oxygens (including phenoxy) is 2. The summed E-state index contributed by atoms with van der Waals surface area (Å²) in [5, 5.41) is 0. The molecule has 0 N–H and O–H groups in total. The topological polar surface area (TPSA) is 52.6 Å². The van der Waals surface area contributed by atoms with E-state index in [1.807, 2.05) is 104 Å². The lowest BCUT2D eigenvalue weighted by atomic mass is 9.93. The van der Waals surface area contributed by atoms with E-state index in [0.29, 0.717) is 11.1 Å². The van der Waals surface area contributed by atoms with E-state index in [2.05, 4.69) is 0 Å². The fraction of sp³-hybridized carbons (Fsp3) is 0.222. The van der Waals surface area contributed by atoms with E-state index in [-0.39, 0.29) is 11.5 Å². The summed E-state index contributed by atoms with van der Waals surface area (Å²) >= 11 is 0. The fourth-order valence-corrected chi connectivity index (χ4v) is 5.18. The zero-order valence-electron chi connectivity index (χ0n) is 24.6. The molecule has 0 unspecified atom stereocenters. The predicted octanol–water partition coefficient (Wildman–Crippen LogP) is 8.69. The van der Waals surface area contributed by atoms with Gasteiger partial charge in [-0.25, -0.2) is 9.59 Å². The summed E-state index contributed by atoms with van der Waals surface area (Å²) in [6, 6.07) is 22.6. The van der Waals surface area contributed by atoms with Crippen LogP contribution in [-0.2, 0) is 9.47 Å². The minimum atomic E-state index is -0.527. The Hall–Kier alpha value is -4.44. The van der Waals surface area contributed by atoms with E-state index in [9.17, 15) is 9.59 Å². The third-order valence-electron chi connectivity index (χ3n) is 6.98. The highest BCUT2D eigenvalue weighted by Gasteiger charge is 2.27. The maximum Gasteiger partial charge on any atom is 0.343 e. The third-order valence-corrected chi connectivity index (χ3v) is 6.98. The van der Waals surface area contributed by atoms with Gasteiger partial charge >= 0.3 is 11.9 Å². The molecule has 0 aliphatic rings. The molecule has 4 nitrogen and oxygen atoms in total. The van der Waals surface area contributed by atoms with Crippen LogP contribution in [0.25, 0.3) is 11.5 Å². The summed E-state index contributed by atoms with van der Waals surface area (Å²) < 4.78 is 12.5. The van der Waals surface area contributed by atoms with E-state index < -0.39 is 11.9 Å². The van der Waals surface area contributed by atoms with Crippen LogP contribution in [0.1, 0.15) is 76.4 Å². The number of hydrogen-bond donors (Lipinski definition) is 0. The van der Waals surface area contributed by atoms with Crippen molar-refractivity contribution in [3.05, 3.63) is 140 Å². The predicted molar refractivity (Wildman–Crippen MR) is 161 cm³/mol. The molecular formula is C36H36O4. The van der Waals surface area contributed by atoms with Crippen LogP contribution in [0.3, 0.4) is 0 Å². The number of esters is 2. The number of rotatable bonds is 6. The molecule has 0 aliphatic carbocycles. The molecule has 4 aromatic carbocycles. The number of benzene rings is 4. The van der Waals surface area contributed by atoms with Crippen molar-refractivity contribution in [1.29, 1.82) is 0 Å². The second-order valence-corrected chi connectivity index (χ2v) is 10.7. The van der Waals surface area contributed by atoms with Crippen LogP contribution in [-0.4, -0.2) is 11.9 Å². The molecule has 0 bridgehead atoms. The summed E-state index contributed by atoms with van der Waals surface area (Å²) in [7, 11) is 0. The quantitative estimate of drug-likeness (QED) is 0.142. The highest BCUT2D eigenvalue weighted by molar-refractivity contribution is 6.02. The molecule has 0 spiro atoms. The SMILES string of the molecule is Cc1ccc(C(=O)OC(=C(OC(=O)c2ccc(C)cc2)c2c(C)cc(C)cc2C)c2c(C)cc(C)cc2C)cc1. The van der Waals surface area contributed by atoms with Crippen LogP contribution in [0.4, 0.5) is 0 Å². The number of carbonyl (C=O) groups is 2. The Morgan fingerprint density at radius 3 is 0.975 bits per heavy atom. The van der Waals surface area contributed by atoms with Gasteiger partial charge in [0.1, 0.15) is 0 Å². The number of aryl methyl sites for hydroxylation is 8. The Bertz CT molecular complexity index is 1450. The van der Waals surface area contributed by atoms with Crippen molar-refractivity contribution in [2.75, 3.05) is 0 Å². The van der Waals surface area contributed by atoms with E-state index in [1.54, 1.807) is 24.3 Å². The molecular weight excluding hydrogens is 496 g/mol. The first kappa shape index (κ1) is 28.6. The van der Waals surface area contributed by atoms with Gasteiger partial charge in [0.15, 0.2) is 11.5 Å². The van der Waals surface area contributed by atoms with E-state index in [0.717, 1.165) is 55.6 Å². The smallest absolute Gasteiger partial charge is 0.343 e. The van der Waals surface area contributed by atoms with Crippen molar-refractivity contribution in [1.82, 2.24) is 0 Å². The highest BCUT2D eigenvalue weighted by atomic mass is 16.6. The summed E-state index contributed by atoms with van der Waals surface area (Å²) in [6.07, 6.45) is 0. The van der Waals surface area contributed by atoms with E-state index in [1.165, 1.54) is 0 Å². The molecule has 0 saturated heterocycles. The maximum atomic E-state index is 13.6. The Morgan fingerprint density at radius 1 is 0.425 bits per heavy atom. The zero-order valence-corrected chi connectivity index (χ0v) is 24.6. The molecule has 0 saturated carbocycles. The summed E-state index contributed by atoms with van der Waals surface area (Å²) in [4.78, 5) is 27.2. The van der Waals surface area contributed by atoms with Gasteiger partial charge in [0.25, 0.3) is 0 Å². The summed E-state index contributed by atoms with van der Waals surface area (Å²) in [5.74, 6) is -0.617. The molecule has 0 radical (unpaired) electrons. The molecule has 4 rings (SSSR count). The number of hydrogen-bond acceptors (Lipinski definition) is 4. The first-order valence-electron chi connectivity index (χ1n) is 13.4. The van der Waals surface area contributed by atoms with Crippen molar-refractivity contribution >= 4 is 23.5 Å². The molecule has 0 fully saturated rings.